The van der Waals surface area contributed by atoms with E-state index in [2.05, 4.69) is 4.90 Å². The summed E-state index contributed by atoms with van der Waals surface area (Å²) in [6, 6.07) is 11.3. The van der Waals surface area contributed by atoms with Crippen LogP contribution in [0.4, 0.5) is 8.78 Å². The van der Waals surface area contributed by atoms with Crippen molar-refractivity contribution in [2.24, 2.45) is 5.92 Å². The molecule has 0 spiro atoms. The maximum atomic E-state index is 12.9. The van der Waals surface area contributed by atoms with Crippen LogP contribution in [0.5, 0.6) is 0 Å². The molecule has 0 aromatic heterocycles. The summed E-state index contributed by atoms with van der Waals surface area (Å²) in [5.74, 6) is -0.388. The van der Waals surface area contributed by atoms with Gasteiger partial charge in [0.25, 0.3) is 0 Å². The minimum atomic E-state index is -0.350. The van der Waals surface area contributed by atoms with Gasteiger partial charge in [0.05, 0.1) is 0 Å². The number of likely N-dealkylation sites (tertiary alicyclic amines) is 1. The first-order valence-corrected chi connectivity index (χ1v) is 10.0. The van der Waals surface area contributed by atoms with Crippen molar-refractivity contribution in [3.8, 4) is 0 Å². The smallest absolute Gasteiger partial charge is 0.185 e. The van der Waals surface area contributed by atoms with Gasteiger partial charge in [-0.05, 0) is 99.4 Å². The van der Waals surface area contributed by atoms with E-state index in [1.165, 1.54) is 48.5 Å². The average molecular weight is 397 g/mol. The van der Waals surface area contributed by atoms with Crippen molar-refractivity contribution in [1.82, 2.24) is 4.90 Å². The molecule has 1 saturated heterocycles. The topological polar surface area (TPSA) is 37.4 Å². The second kappa shape index (κ2) is 10.2. The zero-order valence-corrected chi connectivity index (χ0v) is 16.3. The molecule has 29 heavy (non-hydrogen) atoms. The zero-order chi connectivity index (χ0) is 20.6. The lowest BCUT2D eigenvalue weighted by molar-refractivity contribution is 0.0971. The van der Waals surface area contributed by atoms with Crippen molar-refractivity contribution >= 4 is 11.6 Å². The van der Waals surface area contributed by atoms with Gasteiger partial charge in [0.2, 0.25) is 0 Å². The van der Waals surface area contributed by atoms with Crippen LogP contribution in [-0.2, 0) is 0 Å². The zero-order valence-electron chi connectivity index (χ0n) is 16.3. The number of Topliss-reactive ketones (excluding diaryl/α,β-unsaturated/α-hetero) is 1. The monoisotopic (exact) mass is 397 g/mol. The highest BCUT2D eigenvalue weighted by Gasteiger charge is 2.17. The number of halogens is 2. The molecule has 2 aromatic carbocycles. The molecule has 0 N–H and O–H groups in total. The van der Waals surface area contributed by atoms with Crippen LogP contribution in [0.1, 0.15) is 46.4 Å². The Kier molecular flexibility index (Phi) is 7.42. The predicted octanol–water partition coefficient (Wildman–Crippen LogP) is 5.08. The molecule has 0 atom stereocenters. The van der Waals surface area contributed by atoms with E-state index in [-0.39, 0.29) is 23.2 Å². The number of ketones is 2. The first kappa shape index (κ1) is 21.1. The van der Waals surface area contributed by atoms with Gasteiger partial charge in [0.1, 0.15) is 11.6 Å². The van der Waals surface area contributed by atoms with Crippen LogP contribution in [-0.4, -0.2) is 36.1 Å². The lowest BCUT2D eigenvalue weighted by Gasteiger charge is -2.30. The minimum absolute atomic E-state index is 0.0436. The number of nitrogens with zero attached hydrogens (tertiary/aromatic N) is 1. The molecule has 152 valence electrons. The molecular weight excluding hydrogens is 372 g/mol. The molecule has 0 saturated carbocycles. The summed E-state index contributed by atoms with van der Waals surface area (Å²) in [5, 5.41) is 0. The number of hydrogen-bond donors (Lipinski definition) is 0. The van der Waals surface area contributed by atoms with Gasteiger partial charge in [-0.2, -0.15) is 0 Å². The fourth-order valence-electron chi connectivity index (χ4n) is 3.55. The largest absolute Gasteiger partial charge is 0.303 e. The fraction of sp³-hybridized carbons (Fsp3) is 0.333. The number of carbonyl (C=O) groups excluding carboxylic acids is 2. The molecule has 1 aliphatic heterocycles. The number of hydrogen-bond acceptors (Lipinski definition) is 3. The highest BCUT2D eigenvalue weighted by atomic mass is 19.1. The summed E-state index contributed by atoms with van der Waals surface area (Å²) in [7, 11) is 0. The van der Waals surface area contributed by atoms with Gasteiger partial charge >= 0.3 is 0 Å². The molecule has 3 nitrogen and oxygen atoms in total. The van der Waals surface area contributed by atoms with Crippen LogP contribution in [0.15, 0.2) is 60.7 Å². The molecule has 1 aliphatic rings. The van der Waals surface area contributed by atoms with E-state index in [9.17, 15) is 18.4 Å². The van der Waals surface area contributed by atoms with Gasteiger partial charge < -0.3 is 4.90 Å². The number of rotatable bonds is 8. The molecule has 5 heteroatoms. The third kappa shape index (κ3) is 6.43. The van der Waals surface area contributed by atoms with Crippen LogP contribution in [0, 0.1) is 17.6 Å². The summed E-state index contributed by atoms with van der Waals surface area (Å²) in [4.78, 5) is 26.6. The molecule has 1 heterocycles. The summed E-state index contributed by atoms with van der Waals surface area (Å²) < 4.78 is 25.9. The normalized spacial score (nSPS) is 15.7. The van der Waals surface area contributed by atoms with Crippen molar-refractivity contribution in [2.75, 3.05) is 19.6 Å². The SMILES string of the molecule is O=C(C=CC1CCN(CCCC(=O)c2ccc(F)cc2)CC1)c1ccc(F)cc1. The van der Waals surface area contributed by atoms with Gasteiger partial charge in [0, 0.05) is 17.5 Å². The average Bonchev–Trinajstić information content (AvgIpc) is 2.74. The molecule has 0 bridgehead atoms. The van der Waals surface area contributed by atoms with E-state index in [0.717, 1.165) is 38.9 Å². The van der Waals surface area contributed by atoms with Crippen LogP contribution in [0.3, 0.4) is 0 Å². The first-order valence-electron chi connectivity index (χ1n) is 10.0. The van der Waals surface area contributed by atoms with E-state index in [4.69, 9.17) is 0 Å². The molecule has 0 radical (unpaired) electrons. The van der Waals surface area contributed by atoms with Crippen molar-refractivity contribution in [1.29, 1.82) is 0 Å². The summed E-state index contributed by atoms with van der Waals surface area (Å²) in [6.45, 7) is 2.73. The van der Waals surface area contributed by atoms with Gasteiger partial charge in [-0.3, -0.25) is 9.59 Å². The minimum Gasteiger partial charge on any atom is -0.303 e. The summed E-state index contributed by atoms with van der Waals surface area (Å²) in [5.41, 5.74) is 1.05. The quantitative estimate of drug-likeness (QED) is 0.461. The van der Waals surface area contributed by atoms with Crippen LogP contribution in [0.2, 0.25) is 0 Å². The highest BCUT2D eigenvalue weighted by molar-refractivity contribution is 6.04. The van der Waals surface area contributed by atoms with Crippen LogP contribution in [0.25, 0.3) is 0 Å². The maximum absolute atomic E-state index is 12.9. The molecule has 0 aliphatic carbocycles. The Morgan fingerprint density at radius 3 is 2.03 bits per heavy atom. The van der Waals surface area contributed by atoms with E-state index in [0.29, 0.717) is 23.5 Å². The third-order valence-electron chi connectivity index (χ3n) is 5.33. The predicted molar refractivity (Wildman–Crippen MR) is 109 cm³/mol. The Hall–Kier alpha value is -2.66. The van der Waals surface area contributed by atoms with Crippen molar-refractivity contribution < 1.29 is 18.4 Å². The van der Waals surface area contributed by atoms with E-state index < -0.39 is 0 Å². The molecular formula is C24H25F2NO2. The third-order valence-corrected chi connectivity index (χ3v) is 5.33. The maximum Gasteiger partial charge on any atom is 0.185 e. The Morgan fingerprint density at radius 1 is 0.897 bits per heavy atom. The molecule has 1 fully saturated rings. The van der Waals surface area contributed by atoms with Crippen molar-refractivity contribution in [3.05, 3.63) is 83.4 Å². The van der Waals surface area contributed by atoms with Crippen LogP contribution < -0.4 is 0 Å². The van der Waals surface area contributed by atoms with E-state index in [1.807, 2.05) is 6.08 Å². The van der Waals surface area contributed by atoms with Crippen molar-refractivity contribution in [3.63, 3.8) is 0 Å². The van der Waals surface area contributed by atoms with E-state index in [1.54, 1.807) is 6.08 Å². The molecule has 2 aromatic rings. The van der Waals surface area contributed by atoms with Gasteiger partial charge in [-0.15, -0.1) is 0 Å². The second-order valence-electron chi connectivity index (χ2n) is 7.44. The first-order chi connectivity index (χ1) is 14.0. The lowest BCUT2D eigenvalue weighted by Crippen LogP contribution is -2.34. The Morgan fingerprint density at radius 2 is 1.45 bits per heavy atom. The van der Waals surface area contributed by atoms with Crippen molar-refractivity contribution in [2.45, 2.75) is 25.7 Å². The standard InChI is InChI=1S/C24H25F2NO2/c25-21-8-4-19(5-9-21)23(28)2-1-15-27-16-13-18(14-17-27)3-12-24(29)20-6-10-22(26)11-7-20/h3-12,18H,1-2,13-17H2. The van der Waals surface area contributed by atoms with E-state index >= 15 is 0 Å². The molecule has 0 unspecified atom stereocenters. The van der Waals surface area contributed by atoms with Crippen LogP contribution >= 0.6 is 0 Å². The number of benzene rings is 2. The lowest BCUT2D eigenvalue weighted by atomic mass is 9.95. The number of allylic oxidation sites excluding steroid dienone is 2. The Labute approximate surface area is 170 Å². The summed E-state index contributed by atoms with van der Waals surface area (Å²) in [6.07, 6.45) is 6.73. The van der Waals surface area contributed by atoms with Gasteiger partial charge in [-0.1, -0.05) is 6.08 Å². The summed E-state index contributed by atoms with van der Waals surface area (Å²) >= 11 is 0. The van der Waals surface area contributed by atoms with Gasteiger partial charge in [-0.25, -0.2) is 8.78 Å². The van der Waals surface area contributed by atoms with Gasteiger partial charge in [0.15, 0.2) is 11.6 Å². The highest BCUT2D eigenvalue weighted by Crippen LogP contribution is 2.19. The molecule has 0 amide bonds. The fourth-order valence-corrected chi connectivity index (χ4v) is 3.55. The number of piperidine rings is 1. The Balaban J connectivity index is 1.36. The molecule has 3 rings (SSSR count). The second-order valence-corrected chi connectivity index (χ2v) is 7.44. The number of carbonyl (C=O) groups is 2. The Bertz CT molecular complexity index is 851.